The molecule has 0 bridgehead atoms. The van der Waals surface area contributed by atoms with Crippen molar-refractivity contribution in [2.45, 2.75) is 70.3 Å². The van der Waals surface area contributed by atoms with Crippen LogP contribution < -0.4 is 11.1 Å². The number of halogens is 1. The highest BCUT2D eigenvalue weighted by Gasteiger charge is 2.35. The van der Waals surface area contributed by atoms with Gasteiger partial charge in [0.25, 0.3) is 0 Å². The fourth-order valence-electron chi connectivity index (χ4n) is 3.65. The first kappa shape index (κ1) is 20.0. The van der Waals surface area contributed by atoms with E-state index in [1.807, 2.05) is 6.92 Å². The normalized spacial score (nSPS) is 17.9. The summed E-state index contributed by atoms with van der Waals surface area (Å²) in [6.45, 7) is 4.89. The molecule has 4 heteroatoms. The van der Waals surface area contributed by atoms with Crippen LogP contribution in [0, 0.1) is 6.92 Å². The second-order valence-electron chi connectivity index (χ2n) is 6.95. The van der Waals surface area contributed by atoms with E-state index in [4.69, 9.17) is 5.73 Å². The zero-order valence-corrected chi connectivity index (χ0v) is 15.3. The minimum Gasteiger partial charge on any atom is -0.355 e. The van der Waals surface area contributed by atoms with Crippen molar-refractivity contribution in [2.24, 2.45) is 5.73 Å². The zero-order valence-electron chi connectivity index (χ0n) is 14.4. The molecule has 1 aromatic carbocycles. The maximum atomic E-state index is 12.1. The quantitative estimate of drug-likeness (QED) is 0.827. The summed E-state index contributed by atoms with van der Waals surface area (Å²) >= 11 is 0. The minimum absolute atomic E-state index is 0. The van der Waals surface area contributed by atoms with Crippen LogP contribution in [0.2, 0.25) is 0 Å². The van der Waals surface area contributed by atoms with Crippen molar-refractivity contribution in [3.63, 3.8) is 0 Å². The van der Waals surface area contributed by atoms with Crippen molar-refractivity contribution in [2.75, 3.05) is 6.54 Å². The Kier molecular flexibility index (Phi) is 8.07. The van der Waals surface area contributed by atoms with Gasteiger partial charge in [-0.25, -0.2) is 0 Å². The molecular weight excluding hydrogens is 308 g/mol. The fourth-order valence-corrected chi connectivity index (χ4v) is 3.65. The van der Waals surface area contributed by atoms with Gasteiger partial charge in [0, 0.05) is 24.4 Å². The molecule has 0 radical (unpaired) electrons. The molecular formula is C19H31ClN2O. The van der Waals surface area contributed by atoms with Gasteiger partial charge in [0.05, 0.1) is 0 Å². The molecule has 1 aliphatic rings. The Balaban J connectivity index is 0.00000264. The van der Waals surface area contributed by atoms with E-state index in [1.165, 1.54) is 43.2 Å². The van der Waals surface area contributed by atoms with Crippen LogP contribution in [0.4, 0.5) is 0 Å². The van der Waals surface area contributed by atoms with Crippen molar-refractivity contribution in [1.29, 1.82) is 0 Å². The summed E-state index contributed by atoms with van der Waals surface area (Å²) in [5.41, 5.74) is 8.62. The van der Waals surface area contributed by atoms with E-state index < -0.39 is 0 Å². The lowest BCUT2D eigenvalue weighted by Crippen LogP contribution is -2.42. The highest BCUT2D eigenvalue weighted by atomic mass is 35.5. The maximum Gasteiger partial charge on any atom is 0.220 e. The lowest BCUT2D eigenvalue weighted by Gasteiger charge is -2.39. The average molecular weight is 339 g/mol. The first-order valence-electron chi connectivity index (χ1n) is 8.62. The SMILES string of the molecule is Cc1ccccc1C1(CNC(=O)CCC(C)N)CCCCC1.Cl. The van der Waals surface area contributed by atoms with Crippen molar-refractivity contribution in [1.82, 2.24) is 5.32 Å². The van der Waals surface area contributed by atoms with E-state index in [9.17, 15) is 4.79 Å². The first-order valence-corrected chi connectivity index (χ1v) is 8.62. The molecule has 0 heterocycles. The van der Waals surface area contributed by atoms with Crippen LogP contribution in [-0.4, -0.2) is 18.5 Å². The zero-order chi connectivity index (χ0) is 16.0. The monoisotopic (exact) mass is 338 g/mol. The van der Waals surface area contributed by atoms with Crippen LogP contribution in [0.1, 0.15) is 63.0 Å². The Hall–Kier alpha value is -1.06. The molecule has 3 nitrogen and oxygen atoms in total. The van der Waals surface area contributed by atoms with E-state index in [0.717, 1.165) is 13.0 Å². The summed E-state index contributed by atoms with van der Waals surface area (Å²) in [5.74, 6) is 0.135. The topological polar surface area (TPSA) is 55.1 Å². The third-order valence-corrected chi connectivity index (χ3v) is 4.98. The molecule has 0 aliphatic heterocycles. The molecule has 0 aromatic heterocycles. The highest BCUT2D eigenvalue weighted by Crippen LogP contribution is 2.40. The molecule has 2 rings (SSSR count). The summed E-state index contributed by atoms with van der Waals surface area (Å²) in [7, 11) is 0. The number of benzene rings is 1. The Labute approximate surface area is 146 Å². The van der Waals surface area contributed by atoms with Crippen molar-refractivity contribution < 1.29 is 4.79 Å². The Morgan fingerprint density at radius 2 is 1.91 bits per heavy atom. The van der Waals surface area contributed by atoms with Gasteiger partial charge in [-0.2, -0.15) is 0 Å². The van der Waals surface area contributed by atoms with Crippen LogP contribution in [0.3, 0.4) is 0 Å². The lowest BCUT2D eigenvalue weighted by atomic mass is 9.68. The molecule has 0 saturated heterocycles. The van der Waals surface area contributed by atoms with Gasteiger partial charge in [0.2, 0.25) is 5.91 Å². The molecule has 130 valence electrons. The van der Waals surface area contributed by atoms with Crippen LogP contribution >= 0.6 is 12.4 Å². The molecule has 1 aromatic rings. The van der Waals surface area contributed by atoms with Crippen molar-refractivity contribution in [3.05, 3.63) is 35.4 Å². The number of hydrogen-bond donors (Lipinski definition) is 2. The smallest absolute Gasteiger partial charge is 0.220 e. The van der Waals surface area contributed by atoms with Gasteiger partial charge in [-0.05, 0) is 44.2 Å². The van der Waals surface area contributed by atoms with Gasteiger partial charge in [-0.3, -0.25) is 4.79 Å². The predicted octanol–water partition coefficient (Wildman–Crippen LogP) is 3.86. The van der Waals surface area contributed by atoms with Gasteiger partial charge < -0.3 is 11.1 Å². The van der Waals surface area contributed by atoms with Gasteiger partial charge in [-0.15, -0.1) is 12.4 Å². The van der Waals surface area contributed by atoms with Gasteiger partial charge in [0.15, 0.2) is 0 Å². The molecule has 1 amide bonds. The van der Waals surface area contributed by atoms with Gasteiger partial charge >= 0.3 is 0 Å². The maximum absolute atomic E-state index is 12.1. The van der Waals surface area contributed by atoms with Crippen molar-refractivity contribution >= 4 is 18.3 Å². The molecule has 1 fully saturated rings. The largest absolute Gasteiger partial charge is 0.355 e. The molecule has 3 N–H and O–H groups in total. The third-order valence-electron chi connectivity index (χ3n) is 4.98. The molecule has 1 aliphatic carbocycles. The number of amides is 1. The number of aryl methyl sites for hydroxylation is 1. The Bertz CT molecular complexity index is 496. The highest BCUT2D eigenvalue weighted by molar-refractivity contribution is 5.85. The second-order valence-corrected chi connectivity index (χ2v) is 6.95. The number of nitrogens with two attached hydrogens (primary N) is 1. The Morgan fingerprint density at radius 3 is 2.52 bits per heavy atom. The fraction of sp³-hybridized carbons (Fsp3) is 0.632. The molecule has 1 unspecified atom stereocenters. The van der Waals surface area contributed by atoms with E-state index in [-0.39, 0.29) is 29.8 Å². The van der Waals surface area contributed by atoms with Crippen LogP contribution in [-0.2, 0) is 10.2 Å². The first-order chi connectivity index (χ1) is 10.5. The number of rotatable bonds is 6. The standard InChI is InChI=1S/C19H30N2O.ClH/c1-15-8-4-5-9-17(15)19(12-6-3-7-13-19)14-21-18(22)11-10-16(2)20;/h4-5,8-9,16H,3,6-7,10-14,20H2,1-2H3,(H,21,22);1H. The summed E-state index contributed by atoms with van der Waals surface area (Å²) in [6, 6.07) is 8.73. The van der Waals surface area contributed by atoms with Crippen LogP contribution in [0.5, 0.6) is 0 Å². The second kappa shape index (κ2) is 9.29. The molecule has 0 spiro atoms. The van der Waals surface area contributed by atoms with E-state index in [1.54, 1.807) is 0 Å². The summed E-state index contributed by atoms with van der Waals surface area (Å²) in [4.78, 5) is 12.1. The number of nitrogens with one attached hydrogen (secondary N) is 1. The number of hydrogen-bond acceptors (Lipinski definition) is 2. The average Bonchev–Trinajstić information content (AvgIpc) is 2.52. The lowest BCUT2D eigenvalue weighted by molar-refractivity contribution is -0.121. The van der Waals surface area contributed by atoms with Gasteiger partial charge in [-0.1, -0.05) is 43.5 Å². The predicted molar refractivity (Wildman–Crippen MR) is 99.1 cm³/mol. The summed E-state index contributed by atoms with van der Waals surface area (Å²) < 4.78 is 0. The molecule has 1 saturated carbocycles. The van der Waals surface area contributed by atoms with E-state index in [0.29, 0.717) is 6.42 Å². The summed E-state index contributed by atoms with van der Waals surface area (Å²) in [6.07, 6.45) is 7.45. The number of carbonyl (C=O) groups is 1. The third kappa shape index (κ3) is 5.50. The van der Waals surface area contributed by atoms with Crippen molar-refractivity contribution in [3.8, 4) is 0 Å². The molecule has 23 heavy (non-hydrogen) atoms. The number of carbonyl (C=O) groups excluding carboxylic acids is 1. The van der Waals surface area contributed by atoms with E-state index in [2.05, 4.69) is 36.5 Å². The van der Waals surface area contributed by atoms with Crippen LogP contribution in [0.15, 0.2) is 24.3 Å². The summed E-state index contributed by atoms with van der Waals surface area (Å²) in [5, 5.41) is 3.18. The molecule has 1 atom stereocenters. The van der Waals surface area contributed by atoms with Crippen LogP contribution in [0.25, 0.3) is 0 Å². The van der Waals surface area contributed by atoms with E-state index >= 15 is 0 Å². The Morgan fingerprint density at radius 1 is 1.26 bits per heavy atom. The minimum atomic E-state index is 0. The van der Waals surface area contributed by atoms with Gasteiger partial charge in [0.1, 0.15) is 0 Å².